The zero-order valence-corrected chi connectivity index (χ0v) is 23.5. The van der Waals surface area contributed by atoms with Gasteiger partial charge in [0.2, 0.25) is 5.78 Å². The number of nitrogens with zero attached hydrogens (tertiary/aromatic N) is 1. The summed E-state index contributed by atoms with van der Waals surface area (Å²) >= 11 is 1.69. The molecule has 1 unspecified atom stereocenters. The Morgan fingerprint density at radius 2 is 1.66 bits per heavy atom. The van der Waals surface area contributed by atoms with Gasteiger partial charge in [-0.25, -0.2) is 4.79 Å². The first-order valence-electron chi connectivity index (χ1n) is 13.0. The van der Waals surface area contributed by atoms with E-state index in [-0.39, 0.29) is 34.8 Å². The molecule has 7 heteroatoms. The lowest BCUT2D eigenvalue weighted by atomic mass is 9.82. The Balaban J connectivity index is 0.00000294. The molecule has 1 aromatic heterocycles. The first-order chi connectivity index (χ1) is 18.1. The third-order valence-corrected chi connectivity index (χ3v) is 8.91. The third kappa shape index (κ3) is 5.55. The Labute approximate surface area is 237 Å². The lowest BCUT2D eigenvalue weighted by molar-refractivity contribution is -0.938. The van der Waals surface area contributed by atoms with Crippen LogP contribution < -0.4 is 22.3 Å². The Bertz CT molecular complexity index is 1400. The minimum absolute atomic E-state index is 0. The monoisotopic (exact) mass is 590 g/mol. The molecule has 3 saturated heterocycles. The van der Waals surface area contributed by atoms with Crippen LogP contribution in [0.2, 0.25) is 0 Å². The van der Waals surface area contributed by atoms with Gasteiger partial charge < -0.3 is 31.5 Å². The maximum absolute atomic E-state index is 13.6. The molecule has 0 radical (unpaired) electrons. The molecule has 2 atom stereocenters. The summed E-state index contributed by atoms with van der Waals surface area (Å²) in [7, 11) is 0. The highest BCUT2D eigenvalue weighted by molar-refractivity contribution is 7.17. The summed E-state index contributed by atoms with van der Waals surface area (Å²) in [5.74, 6) is 0.266. The molecule has 3 aromatic carbocycles. The minimum atomic E-state index is -0.591. The number of carbonyl (C=O) groups excluding carboxylic acids is 2. The minimum Gasteiger partial charge on any atom is -1.00 e. The zero-order chi connectivity index (χ0) is 25.2. The molecule has 2 bridgehead atoms. The summed E-state index contributed by atoms with van der Waals surface area (Å²) in [5.41, 5.74) is 2.52. The van der Waals surface area contributed by atoms with E-state index >= 15 is 0 Å². The SMILES string of the molecule is O=C(C[N+]12CCC(CC1)[C@@H](OC(=O)C(Nc1ccccc1)c1ccccc1)C2)c1ccc2sccc2c1.[Br-]. The predicted octanol–water partition coefficient (Wildman–Crippen LogP) is 3.09. The van der Waals surface area contributed by atoms with Gasteiger partial charge in [0.05, 0.1) is 13.1 Å². The predicted molar refractivity (Wildman–Crippen MR) is 148 cm³/mol. The van der Waals surface area contributed by atoms with Crippen LogP contribution in [0.3, 0.4) is 0 Å². The highest BCUT2D eigenvalue weighted by atomic mass is 79.9. The van der Waals surface area contributed by atoms with Crippen molar-refractivity contribution in [3.63, 3.8) is 0 Å². The van der Waals surface area contributed by atoms with Crippen LogP contribution in [-0.2, 0) is 9.53 Å². The van der Waals surface area contributed by atoms with Crippen LogP contribution in [0.5, 0.6) is 0 Å². The van der Waals surface area contributed by atoms with Crippen LogP contribution >= 0.6 is 11.3 Å². The molecule has 4 aromatic rings. The highest BCUT2D eigenvalue weighted by Crippen LogP contribution is 2.37. The third-order valence-electron chi connectivity index (χ3n) is 8.02. The number of carbonyl (C=O) groups is 2. The summed E-state index contributed by atoms with van der Waals surface area (Å²) in [6.07, 6.45) is 1.79. The van der Waals surface area contributed by atoms with E-state index in [0.29, 0.717) is 23.5 Å². The van der Waals surface area contributed by atoms with Crippen molar-refractivity contribution >= 4 is 38.9 Å². The number of Topliss-reactive ketones (excluding diaryl/α,β-unsaturated/α-hetero) is 1. The van der Waals surface area contributed by atoms with Gasteiger partial charge in [0.1, 0.15) is 13.1 Å². The number of hydrogen-bond acceptors (Lipinski definition) is 5. The van der Waals surface area contributed by atoms with E-state index in [4.69, 9.17) is 4.74 Å². The molecule has 0 saturated carbocycles. The van der Waals surface area contributed by atoms with E-state index in [1.54, 1.807) is 11.3 Å². The summed E-state index contributed by atoms with van der Waals surface area (Å²) in [6, 6.07) is 27.0. The van der Waals surface area contributed by atoms with Crippen molar-refractivity contribution in [2.45, 2.75) is 25.0 Å². The number of esters is 1. The van der Waals surface area contributed by atoms with Crippen LogP contribution in [0, 0.1) is 5.92 Å². The quantitative estimate of drug-likeness (QED) is 0.195. The second-order valence-electron chi connectivity index (χ2n) is 10.4. The summed E-state index contributed by atoms with van der Waals surface area (Å²) < 4.78 is 8.15. The number of halogens is 1. The molecule has 1 N–H and O–H groups in total. The fourth-order valence-corrected chi connectivity index (χ4v) is 6.73. The molecular weight excluding hydrogens is 560 g/mol. The maximum atomic E-state index is 13.6. The van der Waals surface area contributed by atoms with Crippen LogP contribution in [0.15, 0.2) is 90.3 Å². The van der Waals surface area contributed by atoms with E-state index in [0.717, 1.165) is 48.1 Å². The van der Waals surface area contributed by atoms with E-state index in [1.807, 2.05) is 78.9 Å². The summed E-state index contributed by atoms with van der Waals surface area (Å²) in [6.45, 7) is 3.10. The van der Waals surface area contributed by atoms with Crippen LogP contribution in [0.4, 0.5) is 5.69 Å². The Morgan fingerprint density at radius 3 is 2.39 bits per heavy atom. The van der Waals surface area contributed by atoms with Gasteiger partial charge >= 0.3 is 5.97 Å². The molecule has 4 heterocycles. The van der Waals surface area contributed by atoms with Gasteiger partial charge in [0.25, 0.3) is 0 Å². The van der Waals surface area contributed by atoms with Crippen molar-refractivity contribution in [1.29, 1.82) is 0 Å². The summed E-state index contributed by atoms with van der Waals surface area (Å²) in [5, 5.41) is 6.55. The van der Waals surface area contributed by atoms with Crippen LogP contribution in [-0.4, -0.2) is 48.5 Å². The van der Waals surface area contributed by atoms with Crippen molar-refractivity contribution in [3.8, 4) is 0 Å². The average Bonchev–Trinajstić information content (AvgIpc) is 3.41. The van der Waals surface area contributed by atoms with Gasteiger partial charge in [-0.1, -0.05) is 48.5 Å². The molecule has 5 nitrogen and oxygen atoms in total. The Hall–Kier alpha value is -3.00. The lowest BCUT2D eigenvalue weighted by Gasteiger charge is -2.51. The van der Waals surface area contributed by atoms with E-state index < -0.39 is 6.04 Å². The van der Waals surface area contributed by atoms with Crippen molar-refractivity contribution < 1.29 is 35.8 Å². The van der Waals surface area contributed by atoms with Crippen molar-refractivity contribution in [3.05, 3.63) is 101 Å². The number of hydrogen-bond donors (Lipinski definition) is 1. The number of fused-ring (bicyclic) bond motifs is 4. The Morgan fingerprint density at radius 1 is 0.947 bits per heavy atom. The van der Waals surface area contributed by atoms with E-state index in [2.05, 4.69) is 16.8 Å². The molecule has 3 fully saturated rings. The largest absolute Gasteiger partial charge is 1.00 e. The van der Waals surface area contributed by atoms with E-state index in [9.17, 15) is 9.59 Å². The normalized spacial score (nSPS) is 22.8. The average molecular weight is 592 g/mol. The number of benzene rings is 3. The number of ether oxygens (including phenoxy) is 1. The zero-order valence-electron chi connectivity index (χ0n) is 21.1. The van der Waals surface area contributed by atoms with Gasteiger partial charge in [-0.3, -0.25) is 4.79 Å². The maximum Gasteiger partial charge on any atom is 0.333 e. The standard InChI is InChI=1S/C31H31N2O3S.BrH/c34-27(24-11-12-29-25(19-24)15-18-37-29)20-33-16-13-22(14-17-33)28(21-33)36-31(35)30(23-7-3-1-4-8-23)32-26-9-5-2-6-10-26;/h1-12,15,18-19,22,28,30,32H,13-14,16-17,20-21H2;1H/q+1;/p-1/t22?,28-,30?,33?;/m0./s1. The number of piperidine rings is 3. The molecule has 7 rings (SSSR count). The molecule has 0 spiro atoms. The van der Waals surface area contributed by atoms with E-state index in [1.165, 1.54) is 4.70 Å². The molecule has 3 aliphatic heterocycles. The molecular formula is C31H31BrN2O3S. The number of thiophene rings is 1. The molecule has 0 aliphatic carbocycles. The molecule has 196 valence electrons. The highest BCUT2D eigenvalue weighted by Gasteiger charge is 2.49. The number of quaternary nitrogens is 1. The Kier molecular flexibility index (Phi) is 7.98. The van der Waals surface area contributed by atoms with Crippen molar-refractivity contribution in [1.82, 2.24) is 0 Å². The van der Waals surface area contributed by atoms with Gasteiger partial charge in [0.15, 0.2) is 12.1 Å². The van der Waals surface area contributed by atoms with Gasteiger partial charge in [-0.15, -0.1) is 11.3 Å². The second-order valence-corrected chi connectivity index (χ2v) is 11.3. The van der Waals surface area contributed by atoms with Crippen LogP contribution in [0.25, 0.3) is 10.1 Å². The molecule has 0 amide bonds. The van der Waals surface area contributed by atoms with Crippen LogP contribution in [0.1, 0.15) is 34.8 Å². The first-order valence-corrected chi connectivity index (χ1v) is 13.9. The summed E-state index contributed by atoms with van der Waals surface area (Å²) in [4.78, 5) is 26.9. The number of nitrogens with one attached hydrogen (secondary N) is 1. The van der Waals surface area contributed by atoms with Gasteiger partial charge in [0, 0.05) is 34.7 Å². The molecule has 38 heavy (non-hydrogen) atoms. The number of para-hydroxylation sites is 1. The van der Waals surface area contributed by atoms with Crippen molar-refractivity contribution in [2.75, 3.05) is 31.5 Å². The smallest absolute Gasteiger partial charge is 0.333 e. The lowest BCUT2D eigenvalue weighted by Crippen LogP contribution is -3.00. The number of anilines is 1. The van der Waals surface area contributed by atoms with Gasteiger partial charge in [-0.2, -0.15) is 0 Å². The fourth-order valence-electron chi connectivity index (χ4n) is 5.95. The number of rotatable bonds is 8. The second kappa shape index (κ2) is 11.4. The number of ketones is 1. The fraction of sp³-hybridized carbons (Fsp3) is 0.290. The first kappa shape index (κ1) is 26.6. The van der Waals surface area contributed by atoms with Crippen molar-refractivity contribution in [2.24, 2.45) is 5.92 Å². The van der Waals surface area contributed by atoms with Gasteiger partial charge in [-0.05, 0) is 52.7 Å². The topological polar surface area (TPSA) is 55.4 Å². The molecule has 3 aliphatic rings.